The molecular formula is C22H24FN5O3. The van der Waals surface area contributed by atoms with Crippen LogP contribution in [0.1, 0.15) is 25.1 Å². The van der Waals surface area contributed by atoms with Gasteiger partial charge in [0.15, 0.2) is 5.82 Å². The normalized spacial score (nSPS) is 18.7. The van der Waals surface area contributed by atoms with Crippen LogP contribution < -0.4 is 5.32 Å². The third-order valence-corrected chi connectivity index (χ3v) is 5.59. The van der Waals surface area contributed by atoms with Crippen molar-refractivity contribution in [3.8, 4) is 11.5 Å². The van der Waals surface area contributed by atoms with Gasteiger partial charge in [-0.25, -0.2) is 9.18 Å². The van der Waals surface area contributed by atoms with Crippen LogP contribution in [0, 0.1) is 5.82 Å². The zero-order valence-corrected chi connectivity index (χ0v) is 17.3. The fourth-order valence-electron chi connectivity index (χ4n) is 3.91. The van der Waals surface area contributed by atoms with Gasteiger partial charge in [-0.05, 0) is 43.5 Å². The van der Waals surface area contributed by atoms with Gasteiger partial charge in [0.1, 0.15) is 5.82 Å². The lowest BCUT2D eigenvalue weighted by atomic mass is 9.76. The SMILES string of the molecule is COCCC1(c2noc(-c3ccncc3)n2)CCCN(C(=O)Nc2ccccc2F)C1. The molecule has 31 heavy (non-hydrogen) atoms. The van der Waals surface area contributed by atoms with Crippen LogP contribution >= 0.6 is 0 Å². The number of halogens is 1. The summed E-state index contributed by atoms with van der Waals surface area (Å²) >= 11 is 0. The van der Waals surface area contributed by atoms with Gasteiger partial charge in [-0.15, -0.1) is 0 Å². The molecule has 4 rings (SSSR count). The van der Waals surface area contributed by atoms with Crippen LogP contribution in [0.4, 0.5) is 14.9 Å². The number of rotatable bonds is 6. The predicted octanol–water partition coefficient (Wildman–Crippen LogP) is 3.87. The summed E-state index contributed by atoms with van der Waals surface area (Å²) in [6.45, 7) is 1.43. The lowest BCUT2D eigenvalue weighted by molar-refractivity contribution is 0.111. The molecule has 0 spiro atoms. The number of pyridine rings is 1. The summed E-state index contributed by atoms with van der Waals surface area (Å²) in [5.41, 5.74) is 0.413. The Kier molecular flexibility index (Phi) is 6.22. The first-order chi connectivity index (χ1) is 15.1. The highest BCUT2D eigenvalue weighted by atomic mass is 19.1. The molecule has 1 aliphatic heterocycles. The van der Waals surface area contributed by atoms with Crippen molar-refractivity contribution in [3.05, 3.63) is 60.4 Å². The molecule has 3 heterocycles. The van der Waals surface area contributed by atoms with Gasteiger partial charge in [0, 0.05) is 44.8 Å². The Labute approximate surface area is 179 Å². The zero-order valence-electron chi connectivity index (χ0n) is 17.3. The topological polar surface area (TPSA) is 93.4 Å². The van der Waals surface area contributed by atoms with E-state index < -0.39 is 11.2 Å². The van der Waals surface area contributed by atoms with E-state index in [0.29, 0.717) is 37.8 Å². The number of anilines is 1. The van der Waals surface area contributed by atoms with Crippen molar-refractivity contribution in [2.24, 2.45) is 0 Å². The first-order valence-electron chi connectivity index (χ1n) is 10.2. The number of likely N-dealkylation sites (tertiary alicyclic amines) is 1. The number of aromatic nitrogens is 3. The van der Waals surface area contributed by atoms with Crippen molar-refractivity contribution in [1.82, 2.24) is 20.0 Å². The minimum absolute atomic E-state index is 0.153. The average molecular weight is 425 g/mol. The number of hydrogen-bond donors (Lipinski definition) is 1. The minimum Gasteiger partial charge on any atom is -0.385 e. The number of carbonyl (C=O) groups excluding carboxylic acids is 1. The summed E-state index contributed by atoms with van der Waals surface area (Å²) in [6, 6.07) is 9.35. The highest BCUT2D eigenvalue weighted by molar-refractivity contribution is 5.89. The Bertz CT molecular complexity index is 1030. The van der Waals surface area contributed by atoms with Crippen molar-refractivity contribution in [1.29, 1.82) is 0 Å². The van der Waals surface area contributed by atoms with Gasteiger partial charge < -0.3 is 19.5 Å². The fourth-order valence-corrected chi connectivity index (χ4v) is 3.91. The van der Waals surface area contributed by atoms with Gasteiger partial charge in [-0.1, -0.05) is 17.3 Å². The largest absolute Gasteiger partial charge is 0.385 e. The molecule has 1 aromatic carbocycles. The van der Waals surface area contributed by atoms with Gasteiger partial charge in [0.25, 0.3) is 5.89 Å². The number of nitrogens with zero attached hydrogens (tertiary/aromatic N) is 4. The van der Waals surface area contributed by atoms with E-state index in [-0.39, 0.29) is 11.7 Å². The third kappa shape index (κ3) is 4.56. The predicted molar refractivity (Wildman–Crippen MR) is 112 cm³/mol. The van der Waals surface area contributed by atoms with Crippen LogP contribution in [0.15, 0.2) is 53.3 Å². The molecule has 0 saturated carbocycles. The second-order valence-corrected chi connectivity index (χ2v) is 7.62. The van der Waals surface area contributed by atoms with E-state index in [1.54, 1.807) is 48.7 Å². The molecule has 0 radical (unpaired) electrons. The monoisotopic (exact) mass is 425 g/mol. The van der Waals surface area contributed by atoms with Gasteiger partial charge in [0.05, 0.1) is 11.1 Å². The van der Waals surface area contributed by atoms with E-state index in [2.05, 4.69) is 20.4 Å². The summed E-state index contributed by atoms with van der Waals surface area (Å²) in [4.78, 5) is 23.2. The summed E-state index contributed by atoms with van der Waals surface area (Å²) in [7, 11) is 1.64. The highest BCUT2D eigenvalue weighted by Gasteiger charge is 2.42. The molecule has 2 aromatic heterocycles. The first-order valence-corrected chi connectivity index (χ1v) is 10.2. The molecule has 1 aliphatic rings. The van der Waals surface area contributed by atoms with E-state index in [1.807, 2.05) is 0 Å². The molecule has 3 aromatic rings. The number of piperidine rings is 1. The van der Waals surface area contributed by atoms with Crippen LogP contribution in [-0.4, -0.2) is 52.9 Å². The van der Waals surface area contributed by atoms with Crippen molar-refractivity contribution in [3.63, 3.8) is 0 Å². The van der Waals surface area contributed by atoms with E-state index in [4.69, 9.17) is 9.26 Å². The van der Waals surface area contributed by atoms with Crippen LogP contribution in [0.5, 0.6) is 0 Å². The lowest BCUT2D eigenvalue weighted by Gasteiger charge is -2.40. The van der Waals surface area contributed by atoms with Gasteiger partial charge >= 0.3 is 6.03 Å². The molecule has 1 N–H and O–H groups in total. The summed E-state index contributed by atoms with van der Waals surface area (Å²) in [6.07, 6.45) is 5.50. The van der Waals surface area contributed by atoms with E-state index in [1.165, 1.54) is 12.1 Å². The smallest absolute Gasteiger partial charge is 0.321 e. The van der Waals surface area contributed by atoms with Crippen LogP contribution in [-0.2, 0) is 10.2 Å². The van der Waals surface area contributed by atoms with Gasteiger partial charge in [-0.3, -0.25) is 4.98 Å². The van der Waals surface area contributed by atoms with Crippen molar-refractivity contribution in [2.75, 3.05) is 32.1 Å². The minimum atomic E-state index is -0.518. The number of hydrogen-bond acceptors (Lipinski definition) is 6. The molecule has 1 saturated heterocycles. The average Bonchev–Trinajstić information content (AvgIpc) is 3.31. The number of carbonyl (C=O) groups is 1. The number of ether oxygens (including phenoxy) is 1. The standard InChI is InChI=1S/C22H24FN5O3/c1-30-14-10-22(20-26-19(31-27-20)16-7-11-24-12-8-16)9-4-13-28(15-22)21(29)25-18-6-3-2-5-17(18)23/h2-3,5-8,11-12H,4,9-10,13-15H2,1H3,(H,25,29). The second-order valence-electron chi connectivity index (χ2n) is 7.62. The molecule has 2 amide bonds. The molecule has 0 aliphatic carbocycles. The fraction of sp³-hybridized carbons (Fsp3) is 0.364. The lowest BCUT2D eigenvalue weighted by Crippen LogP contribution is -2.50. The van der Waals surface area contributed by atoms with E-state index in [9.17, 15) is 9.18 Å². The van der Waals surface area contributed by atoms with Crippen LogP contribution in [0.3, 0.4) is 0 Å². The molecule has 0 bridgehead atoms. The number of benzene rings is 1. The van der Waals surface area contributed by atoms with Crippen LogP contribution in [0.25, 0.3) is 11.5 Å². The third-order valence-electron chi connectivity index (χ3n) is 5.59. The van der Waals surface area contributed by atoms with Crippen molar-refractivity contribution in [2.45, 2.75) is 24.7 Å². The Morgan fingerprint density at radius 2 is 2.10 bits per heavy atom. The summed E-state index contributed by atoms with van der Waals surface area (Å²) in [5, 5.41) is 6.92. The van der Waals surface area contributed by atoms with Crippen molar-refractivity contribution >= 4 is 11.7 Å². The molecule has 9 heteroatoms. The Hall–Kier alpha value is -3.33. The maximum Gasteiger partial charge on any atom is 0.321 e. The number of para-hydroxylation sites is 1. The van der Waals surface area contributed by atoms with Gasteiger partial charge in [0.2, 0.25) is 0 Å². The maximum atomic E-state index is 14.0. The van der Waals surface area contributed by atoms with E-state index in [0.717, 1.165) is 18.4 Å². The zero-order chi connectivity index (χ0) is 21.7. The van der Waals surface area contributed by atoms with Gasteiger partial charge in [-0.2, -0.15) is 4.98 Å². The number of nitrogens with one attached hydrogen (secondary N) is 1. The number of urea groups is 1. The summed E-state index contributed by atoms with van der Waals surface area (Å²) < 4.78 is 24.8. The van der Waals surface area contributed by atoms with Crippen molar-refractivity contribution < 1.29 is 18.4 Å². The van der Waals surface area contributed by atoms with Crippen LogP contribution in [0.2, 0.25) is 0 Å². The Balaban J connectivity index is 1.57. The van der Waals surface area contributed by atoms with E-state index >= 15 is 0 Å². The number of methoxy groups -OCH3 is 1. The molecular weight excluding hydrogens is 401 g/mol. The summed E-state index contributed by atoms with van der Waals surface area (Å²) in [5.74, 6) is 0.473. The highest BCUT2D eigenvalue weighted by Crippen LogP contribution is 2.37. The maximum absolute atomic E-state index is 14.0. The quantitative estimate of drug-likeness (QED) is 0.644. The Morgan fingerprint density at radius 1 is 1.29 bits per heavy atom. The Morgan fingerprint density at radius 3 is 2.87 bits per heavy atom. The molecule has 1 fully saturated rings. The molecule has 1 unspecified atom stereocenters. The molecule has 162 valence electrons. The molecule has 1 atom stereocenters. The second kappa shape index (κ2) is 9.22. The number of amides is 2. The first kappa shape index (κ1) is 20.9. The molecule has 8 nitrogen and oxygen atoms in total.